The highest BCUT2D eigenvalue weighted by atomic mass is 15.2. The molecule has 0 unspecified atom stereocenters. The summed E-state index contributed by atoms with van der Waals surface area (Å²) in [5.74, 6) is 1.12. The van der Waals surface area contributed by atoms with E-state index >= 15 is 0 Å². The number of aromatic nitrogens is 1. The fourth-order valence-corrected chi connectivity index (χ4v) is 3.31. The first-order valence-corrected chi connectivity index (χ1v) is 8.35. The average Bonchev–Trinajstić information content (AvgIpc) is 2.56. The van der Waals surface area contributed by atoms with Crippen molar-refractivity contribution in [1.29, 1.82) is 0 Å². The number of nitrogens with zero attached hydrogens (tertiary/aromatic N) is 3. The maximum Gasteiger partial charge on any atom is 0.136 e. The zero-order chi connectivity index (χ0) is 15.5. The van der Waals surface area contributed by atoms with Crippen molar-refractivity contribution >= 4 is 22.3 Å². The van der Waals surface area contributed by atoms with Gasteiger partial charge in [-0.25, -0.2) is 4.98 Å². The third-order valence-electron chi connectivity index (χ3n) is 4.48. The van der Waals surface area contributed by atoms with Gasteiger partial charge in [-0.2, -0.15) is 0 Å². The molecule has 1 N–H and O–H groups in total. The van der Waals surface area contributed by atoms with Crippen LogP contribution in [0.2, 0.25) is 0 Å². The number of rotatable bonds is 4. The Morgan fingerprint density at radius 2 is 1.86 bits per heavy atom. The molecule has 1 aromatic carbocycles. The van der Waals surface area contributed by atoms with Crippen LogP contribution in [-0.4, -0.2) is 44.3 Å². The van der Waals surface area contributed by atoms with Crippen LogP contribution in [0.15, 0.2) is 24.3 Å². The number of aryl methyl sites for hydroxylation is 1. The monoisotopic (exact) mass is 298 g/mol. The van der Waals surface area contributed by atoms with Crippen molar-refractivity contribution in [3.8, 4) is 0 Å². The minimum absolute atomic E-state index is 0.986. The van der Waals surface area contributed by atoms with E-state index in [4.69, 9.17) is 4.98 Å². The molecule has 2 heterocycles. The maximum atomic E-state index is 4.82. The Morgan fingerprint density at radius 3 is 2.55 bits per heavy atom. The molecule has 0 radical (unpaired) electrons. The summed E-state index contributed by atoms with van der Waals surface area (Å²) in [6.45, 7) is 12.7. The van der Waals surface area contributed by atoms with Crippen LogP contribution in [0.3, 0.4) is 0 Å². The van der Waals surface area contributed by atoms with E-state index in [-0.39, 0.29) is 0 Å². The Morgan fingerprint density at radius 1 is 1.14 bits per heavy atom. The van der Waals surface area contributed by atoms with Gasteiger partial charge >= 0.3 is 0 Å². The molecule has 0 saturated carbocycles. The fraction of sp³-hybridized carbons (Fsp3) is 0.500. The molecule has 1 aliphatic heterocycles. The molecule has 0 aliphatic carbocycles. The van der Waals surface area contributed by atoms with Crippen molar-refractivity contribution in [2.75, 3.05) is 49.1 Å². The normalized spacial score (nSPS) is 15.3. The van der Waals surface area contributed by atoms with E-state index in [1.807, 2.05) is 0 Å². The molecule has 0 amide bonds. The lowest BCUT2D eigenvalue weighted by Gasteiger charge is -2.31. The highest BCUT2D eigenvalue weighted by molar-refractivity contribution is 6.01. The summed E-state index contributed by atoms with van der Waals surface area (Å²) in [6.07, 6.45) is 0. The quantitative estimate of drug-likeness (QED) is 0.940. The second kappa shape index (κ2) is 6.53. The highest BCUT2D eigenvalue weighted by Gasteiger charge is 2.16. The van der Waals surface area contributed by atoms with Gasteiger partial charge in [0, 0.05) is 61.4 Å². The van der Waals surface area contributed by atoms with Crippen LogP contribution in [0.5, 0.6) is 0 Å². The topological polar surface area (TPSA) is 31.4 Å². The fourth-order valence-electron chi connectivity index (χ4n) is 3.31. The van der Waals surface area contributed by atoms with Gasteiger partial charge in [0.2, 0.25) is 0 Å². The molecule has 1 fully saturated rings. The van der Waals surface area contributed by atoms with Gasteiger partial charge in [0.05, 0.1) is 0 Å². The Bertz CT molecular complexity index is 643. The van der Waals surface area contributed by atoms with E-state index in [0.717, 1.165) is 50.8 Å². The molecule has 1 aliphatic rings. The molecule has 4 heteroatoms. The van der Waals surface area contributed by atoms with Gasteiger partial charge in [0.1, 0.15) is 5.82 Å². The lowest BCUT2D eigenvalue weighted by atomic mass is 10.1. The van der Waals surface area contributed by atoms with Crippen LogP contribution in [0.1, 0.15) is 19.5 Å². The molecule has 2 aromatic rings. The molecule has 1 aromatic heterocycles. The number of nitrogens with one attached hydrogen (secondary N) is 1. The van der Waals surface area contributed by atoms with Crippen LogP contribution in [0, 0.1) is 6.92 Å². The number of fused-ring (bicyclic) bond motifs is 1. The molecule has 3 rings (SSSR count). The molecule has 0 spiro atoms. The summed E-state index contributed by atoms with van der Waals surface area (Å²) in [6, 6.07) is 8.86. The number of hydrogen-bond donors (Lipinski definition) is 1. The molecule has 4 nitrogen and oxygen atoms in total. The van der Waals surface area contributed by atoms with Crippen molar-refractivity contribution in [2.24, 2.45) is 0 Å². The minimum Gasteiger partial charge on any atom is -0.368 e. The summed E-state index contributed by atoms with van der Waals surface area (Å²) >= 11 is 0. The zero-order valence-electron chi connectivity index (χ0n) is 13.9. The van der Waals surface area contributed by atoms with Gasteiger partial charge < -0.3 is 15.1 Å². The third kappa shape index (κ3) is 2.75. The highest BCUT2D eigenvalue weighted by Crippen LogP contribution is 2.33. The van der Waals surface area contributed by atoms with E-state index in [1.54, 1.807) is 0 Å². The summed E-state index contributed by atoms with van der Waals surface area (Å²) in [7, 11) is 0. The minimum atomic E-state index is 0.986. The Labute approximate surface area is 133 Å². The summed E-state index contributed by atoms with van der Waals surface area (Å²) in [4.78, 5) is 9.66. The second-order valence-electron chi connectivity index (χ2n) is 5.87. The van der Waals surface area contributed by atoms with Crippen molar-refractivity contribution in [2.45, 2.75) is 20.8 Å². The Balaban J connectivity index is 2.15. The predicted octanol–water partition coefficient (Wildman–Crippen LogP) is 2.80. The predicted molar refractivity (Wildman–Crippen MR) is 95.1 cm³/mol. The van der Waals surface area contributed by atoms with Crippen molar-refractivity contribution < 1.29 is 0 Å². The van der Waals surface area contributed by atoms with Crippen LogP contribution < -0.4 is 15.1 Å². The first kappa shape index (κ1) is 15.1. The smallest absolute Gasteiger partial charge is 0.136 e. The molecule has 0 atom stereocenters. The van der Waals surface area contributed by atoms with E-state index in [2.05, 4.69) is 60.2 Å². The van der Waals surface area contributed by atoms with Crippen LogP contribution >= 0.6 is 0 Å². The van der Waals surface area contributed by atoms with Crippen LogP contribution in [0.4, 0.5) is 11.5 Å². The molecule has 22 heavy (non-hydrogen) atoms. The van der Waals surface area contributed by atoms with Crippen molar-refractivity contribution in [3.63, 3.8) is 0 Å². The molecule has 0 bridgehead atoms. The van der Waals surface area contributed by atoms with Crippen molar-refractivity contribution in [1.82, 2.24) is 10.3 Å². The number of pyridine rings is 1. The molecule has 118 valence electrons. The molecule has 1 saturated heterocycles. The van der Waals surface area contributed by atoms with E-state index < -0.39 is 0 Å². The van der Waals surface area contributed by atoms with Gasteiger partial charge in [-0.3, -0.25) is 0 Å². The summed E-state index contributed by atoms with van der Waals surface area (Å²) in [5, 5.41) is 6.03. The van der Waals surface area contributed by atoms with E-state index in [9.17, 15) is 0 Å². The molecular formula is C18H26N4. The Hall–Kier alpha value is -1.81. The van der Waals surface area contributed by atoms with Crippen LogP contribution in [0.25, 0.3) is 10.8 Å². The van der Waals surface area contributed by atoms with E-state index in [0.29, 0.717) is 0 Å². The van der Waals surface area contributed by atoms with Gasteiger partial charge in [-0.05, 0) is 32.9 Å². The average molecular weight is 298 g/mol. The third-order valence-corrected chi connectivity index (χ3v) is 4.48. The van der Waals surface area contributed by atoms with E-state index in [1.165, 1.54) is 16.5 Å². The van der Waals surface area contributed by atoms with Crippen molar-refractivity contribution in [3.05, 3.63) is 30.0 Å². The number of piperazine rings is 1. The first-order valence-electron chi connectivity index (χ1n) is 8.35. The van der Waals surface area contributed by atoms with Crippen LogP contribution in [-0.2, 0) is 0 Å². The summed E-state index contributed by atoms with van der Waals surface area (Å²) in [5.41, 5.74) is 2.44. The standard InChI is InChI=1S/C18H26N4/c1-4-21(5-2)18-15-7-6-8-17(16(15)13-14(3)20-18)22-11-9-19-10-12-22/h6-8,13,19H,4-5,9-12H2,1-3H3. The maximum absolute atomic E-state index is 4.82. The van der Waals surface area contributed by atoms with Gasteiger partial charge in [0.15, 0.2) is 0 Å². The Kier molecular flexibility index (Phi) is 4.48. The first-order chi connectivity index (χ1) is 10.7. The van der Waals surface area contributed by atoms with Gasteiger partial charge in [-0.15, -0.1) is 0 Å². The SMILES string of the molecule is CCN(CC)c1nc(C)cc2c(N3CCNCC3)cccc12. The number of benzene rings is 1. The van der Waals surface area contributed by atoms with Gasteiger partial charge in [0.25, 0.3) is 0 Å². The lowest BCUT2D eigenvalue weighted by Crippen LogP contribution is -2.43. The summed E-state index contributed by atoms with van der Waals surface area (Å²) < 4.78 is 0. The molecular weight excluding hydrogens is 272 g/mol. The zero-order valence-corrected chi connectivity index (χ0v) is 13.9. The lowest BCUT2D eigenvalue weighted by molar-refractivity contribution is 0.590. The number of anilines is 2. The number of hydrogen-bond acceptors (Lipinski definition) is 4. The second-order valence-corrected chi connectivity index (χ2v) is 5.87. The van der Waals surface area contributed by atoms with Gasteiger partial charge in [-0.1, -0.05) is 12.1 Å². The largest absolute Gasteiger partial charge is 0.368 e.